The number of rotatable bonds is 38. The van der Waals surface area contributed by atoms with Crippen LogP contribution < -0.4 is 0 Å². The van der Waals surface area contributed by atoms with Crippen LogP contribution in [0.1, 0.15) is 233 Å². The van der Waals surface area contributed by atoms with Crippen molar-refractivity contribution in [2.24, 2.45) is 5.92 Å². The highest BCUT2D eigenvalue weighted by Gasteiger charge is 2.19. The van der Waals surface area contributed by atoms with E-state index in [1.165, 1.54) is 128 Å². The smallest absolute Gasteiger partial charge is 0.306 e. The van der Waals surface area contributed by atoms with Gasteiger partial charge in [0.1, 0.15) is 13.2 Å². The third-order valence-electron chi connectivity index (χ3n) is 9.54. The van der Waals surface area contributed by atoms with E-state index in [0.717, 1.165) is 63.7 Å². The number of carbonyl (C=O) groups excluding carboxylic acids is 3. The Kier molecular flexibility index (Phi) is 36.4. The molecule has 0 aromatic carbocycles. The van der Waals surface area contributed by atoms with Crippen molar-refractivity contribution >= 4 is 17.9 Å². The molecule has 0 aliphatic carbocycles. The van der Waals surface area contributed by atoms with Crippen LogP contribution in [0.4, 0.5) is 0 Å². The van der Waals surface area contributed by atoms with Crippen molar-refractivity contribution in [3.63, 3.8) is 0 Å². The number of ether oxygens (including phenoxy) is 3. The van der Waals surface area contributed by atoms with Gasteiger partial charge in [-0.05, 0) is 25.2 Å². The first kappa shape index (κ1) is 47.4. The third kappa shape index (κ3) is 37.5. The Morgan fingerprint density at radius 1 is 0.388 bits per heavy atom. The van der Waals surface area contributed by atoms with Crippen LogP contribution in [0.3, 0.4) is 0 Å². The van der Waals surface area contributed by atoms with Crippen LogP contribution in [-0.4, -0.2) is 37.2 Å². The molecule has 0 aliphatic heterocycles. The first-order chi connectivity index (χ1) is 23.9. The molecule has 0 saturated carbocycles. The van der Waals surface area contributed by atoms with Crippen LogP contribution in [0.5, 0.6) is 0 Å². The molecule has 0 aromatic heterocycles. The number of carbonyl (C=O) groups is 3. The zero-order valence-electron chi connectivity index (χ0n) is 33.1. The minimum atomic E-state index is -0.758. The van der Waals surface area contributed by atoms with E-state index in [9.17, 15) is 14.4 Å². The molecule has 290 valence electrons. The molecule has 0 N–H and O–H groups in total. The molecule has 6 heteroatoms. The normalized spacial score (nSPS) is 11.9. The maximum atomic E-state index is 12.7. The predicted molar refractivity (Wildman–Crippen MR) is 206 cm³/mol. The van der Waals surface area contributed by atoms with E-state index in [1.807, 2.05) is 0 Å². The molecule has 1 atom stereocenters. The van der Waals surface area contributed by atoms with E-state index in [1.54, 1.807) is 0 Å². The molecule has 0 spiro atoms. The van der Waals surface area contributed by atoms with Gasteiger partial charge < -0.3 is 14.2 Å². The topological polar surface area (TPSA) is 78.9 Å². The number of hydrogen-bond donors (Lipinski definition) is 0. The van der Waals surface area contributed by atoms with Gasteiger partial charge in [0.05, 0.1) is 0 Å². The maximum Gasteiger partial charge on any atom is 0.306 e. The fourth-order valence-corrected chi connectivity index (χ4v) is 6.27. The summed E-state index contributed by atoms with van der Waals surface area (Å²) in [5.74, 6) is -0.101. The molecule has 6 nitrogen and oxygen atoms in total. The van der Waals surface area contributed by atoms with Crippen molar-refractivity contribution in [2.45, 2.75) is 239 Å². The Bertz CT molecular complexity index is 736. The Hall–Kier alpha value is -1.59. The summed E-state index contributed by atoms with van der Waals surface area (Å²) in [5.41, 5.74) is 0. The molecule has 0 radical (unpaired) electrons. The van der Waals surface area contributed by atoms with Gasteiger partial charge in [0.25, 0.3) is 0 Å². The Morgan fingerprint density at radius 2 is 0.673 bits per heavy atom. The molecule has 49 heavy (non-hydrogen) atoms. The van der Waals surface area contributed by atoms with Gasteiger partial charge >= 0.3 is 17.9 Å². The second-order valence-electron chi connectivity index (χ2n) is 15.1. The SMILES string of the molecule is CCCCCCCCCCCCCCCC(=O)O[C@@H](COC(=O)CCCCCCCCCCC)COC(=O)CCCCCCCCC(C)C. The van der Waals surface area contributed by atoms with Gasteiger partial charge in [0.15, 0.2) is 6.10 Å². The molecule has 0 fully saturated rings. The van der Waals surface area contributed by atoms with E-state index in [0.29, 0.717) is 19.3 Å². The lowest BCUT2D eigenvalue weighted by Crippen LogP contribution is -2.30. The first-order valence-corrected chi connectivity index (χ1v) is 21.4. The summed E-state index contributed by atoms with van der Waals surface area (Å²) in [5, 5.41) is 0. The average molecular weight is 695 g/mol. The highest BCUT2D eigenvalue weighted by Crippen LogP contribution is 2.15. The van der Waals surface area contributed by atoms with Gasteiger partial charge in [-0.15, -0.1) is 0 Å². The van der Waals surface area contributed by atoms with E-state index in [-0.39, 0.29) is 31.1 Å². The van der Waals surface area contributed by atoms with E-state index < -0.39 is 6.10 Å². The Labute approximate surface area is 304 Å². The Morgan fingerprint density at radius 3 is 1.00 bits per heavy atom. The van der Waals surface area contributed by atoms with E-state index in [2.05, 4.69) is 27.7 Å². The third-order valence-corrected chi connectivity index (χ3v) is 9.54. The molecule has 0 saturated heterocycles. The first-order valence-electron chi connectivity index (χ1n) is 21.4. The second-order valence-corrected chi connectivity index (χ2v) is 15.1. The van der Waals surface area contributed by atoms with Gasteiger partial charge in [0.2, 0.25) is 0 Å². The quantitative estimate of drug-likeness (QED) is 0.0364. The molecule has 0 unspecified atom stereocenters. The highest BCUT2D eigenvalue weighted by atomic mass is 16.6. The van der Waals surface area contributed by atoms with Crippen molar-refractivity contribution in [1.29, 1.82) is 0 Å². The van der Waals surface area contributed by atoms with Gasteiger partial charge in [-0.1, -0.05) is 195 Å². The van der Waals surface area contributed by atoms with E-state index in [4.69, 9.17) is 14.2 Å². The van der Waals surface area contributed by atoms with Gasteiger partial charge in [-0.2, -0.15) is 0 Å². The predicted octanol–water partition coefficient (Wildman–Crippen LogP) is 13.2. The zero-order valence-corrected chi connectivity index (χ0v) is 33.1. The van der Waals surface area contributed by atoms with Crippen molar-refractivity contribution < 1.29 is 28.6 Å². The minimum absolute atomic E-state index is 0.0652. The molecular weight excluding hydrogens is 612 g/mol. The molecule has 0 amide bonds. The summed E-state index contributed by atoms with van der Waals surface area (Å²) >= 11 is 0. The average Bonchev–Trinajstić information content (AvgIpc) is 3.08. The van der Waals surface area contributed by atoms with Crippen LogP contribution in [-0.2, 0) is 28.6 Å². The summed E-state index contributed by atoms with van der Waals surface area (Å²) < 4.78 is 16.6. The minimum Gasteiger partial charge on any atom is -0.462 e. The lowest BCUT2D eigenvalue weighted by Gasteiger charge is -2.18. The van der Waals surface area contributed by atoms with Crippen molar-refractivity contribution in [3.8, 4) is 0 Å². The van der Waals surface area contributed by atoms with Crippen LogP contribution in [0.15, 0.2) is 0 Å². The van der Waals surface area contributed by atoms with Crippen molar-refractivity contribution in [2.75, 3.05) is 13.2 Å². The second kappa shape index (κ2) is 37.7. The Balaban J connectivity index is 4.32. The lowest BCUT2D eigenvalue weighted by atomic mass is 10.0. The maximum absolute atomic E-state index is 12.7. The van der Waals surface area contributed by atoms with Crippen LogP contribution in [0.2, 0.25) is 0 Å². The summed E-state index contributed by atoms with van der Waals surface area (Å²) in [6.07, 6.45) is 35.3. The number of unbranched alkanes of at least 4 members (excludes halogenated alkanes) is 25. The van der Waals surface area contributed by atoms with Crippen LogP contribution in [0, 0.1) is 5.92 Å². The summed E-state index contributed by atoms with van der Waals surface area (Å²) in [6, 6.07) is 0. The van der Waals surface area contributed by atoms with Crippen molar-refractivity contribution in [3.05, 3.63) is 0 Å². The molecular formula is C43H82O6. The molecule has 0 aromatic rings. The summed E-state index contributed by atoms with van der Waals surface area (Å²) in [4.78, 5) is 37.5. The highest BCUT2D eigenvalue weighted by molar-refractivity contribution is 5.71. The van der Waals surface area contributed by atoms with Gasteiger partial charge in [-0.3, -0.25) is 14.4 Å². The molecule has 0 heterocycles. The largest absolute Gasteiger partial charge is 0.462 e. The lowest BCUT2D eigenvalue weighted by molar-refractivity contribution is -0.167. The van der Waals surface area contributed by atoms with E-state index >= 15 is 0 Å². The molecule has 0 aliphatic rings. The number of hydrogen-bond acceptors (Lipinski definition) is 6. The van der Waals surface area contributed by atoms with Crippen LogP contribution >= 0.6 is 0 Å². The fourth-order valence-electron chi connectivity index (χ4n) is 6.27. The standard InChI is InChI=1S/C43H82O6/c1-5-7-9-11-13-15-16-17-18-20-22-28-32-36-43(46)49-40(37-47-41(44)34-30-26-21-19-14-12-10-8-6-2)38-48-42(45)35-31-27-24-23-25-29-33-39(3)4/h39-40H,5-38H2,1-4H3/t40-/m0/s1. The van der Waals surface area contributed by atoms with Crippen molar-refractivity contribution in [1.82, 2.24) is 0 Å². The van der Waals surface area contributed by atoms with Gasteiger partial charge in [-0.25, -0.2) is 0 Å². The zero-order chi connectivity index (χ0) is 36.0. The van der Waals surface area contributed by atoms with Crippen LogP contribution in [0.25, 0.3) is 0 Å². The monoisotopic (exact) mass is 695 g/mol. The summed E-state index contributed by atoms with van der Waals surface area (Å²) in [7, 11) is 0. The van der Waals surface area contributed by atoms with Gasteiger partial charge in [0, 0.05) is 19.3 Å². The number of esters is 3. The summed E-state index contributed by atoms with van der Waals surface area (Å²) in [6.45, 7) is 8.89. The fraction of sp³-hybridized carbons (Fsp3) is 0.930. The molecule has 0 bridgehead atoms. The molecule has 0 rings (SSSR count).